The van der Waals surface area contributed by atoms with E-state index in [4.69, 9.17) is 0 Å². The van der Waals surface area contributed by atoms with Crippen LogP contribution in [0.3, 0.4) is 0 Å². The van der Waals surface area contributed by atoms with E-state index in [2.05, 4.69) is 20.7 Å². The van der Waals surface area contributed by atoms with Crippen molar-refractivity contribution in [3.8, 4) is 0 Å². The van der Waals surface area contributed by atoms with Crippen LogP contribution in [0.5, 0.6) is 0 Å². The second kappa shape index (κ2) is 5.98. The van der Waals surface area contributed by atoms with Crippen molar-refractivity contribution in [3.63, 3.8) is 0 Å². The van der Waals surface area contributed by atoms with Crippen molar-refractivity contribution in [2.24, 2.45) is 0 Å². The van der Waals surface area contributed by atoms with E-state index >= 15 is 0 Å². The van der Waals surface area contributed by atoms with Crippen LogP contribution < -0.4 is 4.72 Å². The molecule has 0 aromatic heterocycles. The molecule has 0 aliphatic rings. The lowest BCUT2D eigenvalue weighted by atomic mass is 10.1. The molecule has 96 valence electrons. The third-order valence-corrected chi connectivity index (χ3v) is 4.73. The van der Waals surface area contributed by atoms with Gasteiger partial charge < -0.3 is 0 Å². The molecule has 0 bridgehead atoms. The van der Waals surface area contributed by atoms with Crippen LogP contribution in [0, 0.1) is 13.8 Å². The molecule has 1 N–H and O–H groups in total. The van der Waals surface area contributed by atoms with Crippen molar-refractivity contribution in [3.05, 3.63) is 29.3 Å². The minimum Gasteiger partial charge on any atom is -0.208 e. The molecule has 1 atom stereocenters. The number of nitrogens with one attached hydrogen (secondary N) is 1. The highest BCUT2D eigenvalue weighted by molar-refractivity contribution is 9.09. The number of alkyl halides is 1. The molecule has 1 aromatic rings. The van der Waals surface area contributed by atoms with Crippen molar-refractivity contribution in [2.75, 3.05) is 5.33 Å². The van der Waals surface area contributed by atoms with E-state index in [0.717, 1.165) is 22.9 Å². The smallest absolute Gasteiger partial charge is 0.208 e. The monoisotopic (exact) mass is 319 g/mol. The normalized spacial score (nSPS) is 13.6. The summed E-state index contributed by atoms with van der Waals surface area (Å²) in [6.07, 6.45) is 0.768. The Bertz CT molecular complexity index is 485. The molecule has 0 aliphatic carbocycles. The maximum atomic E-state index is 12.1. The fourth-order valence-corrected chi connectivity index (χ4v) is 3.49. The van der Waals surface area contributed by atoms with E-state index in [1.54, 1.807) is 12.1 Å². The van der Waals surface area contributed by atoms with Crippen molar-refractivity contribution in [1.82, 2.24) is 4.72 Å². The molecule has 0 spiro atoms. The molecule has 0 heterocycles. The van der Waals surface area contributed by atoms with Gasteiger partial charge in [-0.3, -0.25) is 0 Å². The average molecular weight is 320 g/mol. The predicted molar refractivity (Wildman–Crippen MR) is 74.1 cm³/mol. The zero-order valence-corrected chi connectivity index (χ0v) is 12.7. The van der Waals surface area contributed by atoms with Crippen LogP contribution in [0.1, 0.15) is 24.5 Å². The van der Waals surface area contributed by atoms with E-state index in [1.807, 2.05) is 26.8 Å². The van der Waals surface area contributed by atoms with E-state index in [-0.39, 0.29) is 6.04 Å². The van der Waals surface area contributed by atoms with Gasteiger partial charge in [-0.05, 0) is 50.5 Å². The van der Waals surface area contributed by atoms with Gasteiger partial charge in [0.2, 0.25) is 10.0 Å². The highest BCUT2D eigenvalue weighted by atomic mass is 79.9. The van der Waals surface area contributed by atoms with Gasteiger partial charge in [0.15, 0.2) is 0 Å². The molecule has 0 saturated carbocycles. The molecule has 1 aromatic carbocycles. The maximum absolute atomic E-state index is 12.1. The summed E-state index contributed by atoms with van der Waals surface area (Å²) in [7, 11) is -3.39. The van der Waals surface area contributed by atoms with Gasteiger partial charge in [0.05, 0.1) is 4.90 Å². The molecule has 0 radical (unpaired) electrons. The first-order chi connectivity index (χ1) is 7.86. The van der Waals surface area contributed by atoms with E-state index in [1.165, 1.54) is 0 Å². The number of sulfonamides is 1. The number of halogens is 1. The number of benzene rings is 1. The molecule has 0 aliphatic heterocycles. The molecular weight excluding hydrogens is 302 g/mol. The molecule has 0 amide bonds. The third kappa shape index (κ3) is 4.08. The first-order valence-electron chi connectivity index (χ1n) is 5.52. The molecule has 17 heavy (non-hydrogen) atoms. The highest BCUT2D eigenvalue weighted by Crippen LogP contribution is 2.15. The van der Waals surface area contributed by atoms with Crippen LogP contribution in [0.15, 0.2) is 23.1 Å². The van der Waals surface area contributed by atoms with Crippen LogP contribution in [-0.2, 0) is 10.0 Å². The van der Waals surface area contributed by atoms with E-state index < -0.39 is 10.0 Å². The fourth-order valence-electron chi connectivity index (χ4n) is 1.44. The summed E-state index contributed by atoms with van der Waals surface area (Å²) in [5.74, 6) is 0. The third-order valence-electron chi connectivity index (χ3n) is 2.69. The average Bonchev–Trinajstić information content (AvgIpc) is 2.21. The van der Waals surface area contributed by atoms with Gasteiger partial charge in [-0.1, -0.05) is 22.0 Å². The Hall–Kier alpha value is -0.390. The van der Waals surface area contributed by atoms with Crippen molar-refractivity contribution in [2.45, 2.75) is 38.1 Å². The number of hydrogen-bond donors (Lipinski definition) is 1. The highest BCUT2D eigenvalue weighted by Gasteiger charge is 2.17. The second-order valence-electron chi connectivity index (χ2n) is 4.25. The number of aryl methyl sites for hydroxylation is 2. The lowest BCUT2D eigenvalue weighted by Gasteiger charge is -2.13. The topological polar surface area (TPSA) is 46.2 Å². The number of hydrogen-bond acceptors (Lipinski definition) is 2. The summed E-state index contributed by atoms with van der Waals surface area (Å²) in [5.41, 5.74) is 2.08. The van der Waals surface area contributed by atoms with Crippen LogP contribution >= 0.6 is 15.9 Å². The van der Waals surface area contributed by atoms with Gasteiger partial charge in [-0.25, -0.2) is 13.1 Å². The minimum absolute atomic E-state index is 0.0685. The summed E-state index contributed by atoms with van der Waals surface area (Å²) >= 11 is 3.30. The molecule has 0 fully saturated rings. The Morgan fingerprint density at radius 3 is 2.47 bits per heavy atom. The lowest BCUT2D eigenvalue weighted by Crippen LogP contribution is -2.32. The molecule has 3 nitrogen and oxygen atoms in total. The number of rotatable bonds is 5. The van der Waals surface area contributed by atoms with E-state index in [9.17, 15) is 8.42 Å². The van der Waals surface area contributed by atoms with Crippen molar-refractivity contribution < 1.29 is 8.42 Å². The quantitative estimate of drug-likeness (QED) is 0.848. The Kier molecular flexibility index (Phi) is 5.16. The van der Waals surface area contributed by atoms with Crippen LogP contribution in [-0.4, -0.2) is 19.8 Å². The Morgan fingerprint density at radius 2 is 1.94 bits per heavy atom. The van der Waals surface area contributed by atoms with Gasteiger partial charge in [-0.15, -0.1) is 0 Å². The van der Waals surface area contributed by atoms with Crippen molar-refractivity contribution in [1.29, 1.82) is 0 Å². The van der Waals surface area contributed by atoms with Gasteiger partial charge in [0.1, 0.15) is 0 Å². The van der Waals surface area contributed by atoms with Crippen LogP contribution in [0.25, 0.3) is 0 Å². The van der Waals surface area contributed by atoms with Gasteiger partial charge >= 0.3 is 0 Å². The molecule has 1 rings (SSSR count). The minimum atomic E-state index is -3.39. The summed E-state index contributed by atoms with van der Waals surface area (Å²) in [6, 6.07) is 5.12. The molecule has 1 unspecified atom stereocenters. The van der Waals surface area contributed by atoms with Crippen LogP contribution in [0.4, 0.5) is 0 Å². The largest absolute Gasteiger partial charge is 0.240 e. The van der Waals surface area contributed by atoms with Gasteiger partial charge in [0.25, 0.3) is 0 Å². The molecule has 5 heteroatoms. The zero-order chi connectivity index (χ0) is 13.1. The Morgan fingerprint density at radius 1 is 1.29 bits per heavy atom. The summed E-state index contributed by atoms with van der Waals surface area (Å²) in [4.78, 5) is 0.335. The molecule has 0 saturated heterocycles. The summed E-state index contributed by atoms with van der Waals surface area (Å²) in [5, 5.41) is 0.781. The summed E-state index contributed by atoms with van der Waals surface area (Å²) in [6.45, 7) is 5.74. The fraction of sp³-hybridized carbons (Fsp3) is 0.500. The first-order valence-corrected chi connectivity index (χ1v) is 8.13. The van der Waals surface area contributed by atoms with Crippen LogP contribution in [0.2, 0.25) is 0 Å². The van der Waals surface area contributed by atoms with Crippen molar-refractivity contribution >= 4 is 26.0 Å². The Balaban J connectivity index is 2.93. The van der Waals surface area contributed by atoms with Gasteiger partial charge in [0, 0.05) is 11.4 Å². The summed E-state index contributed by atoms with van der Waals surface area (Å²) < 4.78 is 26.8. The maximum Gasteiger partial charge on any atom is 0.240 e. The Labute approximate surface area is 112 Å². The standard InChI is InChI=1S/C12H18BrNO2S/c1-9-4-5-12(8-10(9)2)17(15,16)14-11(3)6-7-13/h4-5,8,11,14H,6-7H2,1-3H3. The predicted octanol–water partition coefficient (Wildman–Crippen LogP) is 2.76. The first kappa shape index (κ1) is 14.7. The second-order valence-corrected chi connectivity index (χ2v) is 6.75. The van der Waals surface area contributed by atoms with Gasteiger partial charge in [-0.2, -0.15) is 0 Å². The zero-order valence-electron chi connectivity index (χ0n) is 10.3. The SMILES string of the molecule is Cc1ccc(S(=O)(=O)NC(C)CCBr)cc1C. The lowest BCUT2D eigenvalue weighted by molar-refractivity contribution is 0.557. The molecular formula is C12H18BrNO2S. The van der Waals surface area contributed by atoms with E-state index in [0.29, 0.717) is 4.90 Å².